The van der Waals surface area contributed by atoms with E-state index in [4.69, 9.17) is 11.5 Å². The quantitative estimate of drug-likeness (QED) is 0.736. The molecule has 0 aliphatic rings. The normalized spacial score (nSPS) is 11.5. The van der Waals surface area contributed by atoms with Crippen LogP contribution in [0.4, 0.5) is 11.4 Å². The summed E-state index contributed by atoms with van der Waals surface area (Å²) in [5, 5.41) is 0. The fraction of sp³-hybridized carbons (Fsp3) is 0.333. The van der Waals surface area contributed by atoms with Crippen LogP contribution >= 0.6 is 0 Å². The van der Waals surface area contributed by atoms with E-state index in [2.05, 4.69) is 0 Å². The summed E-state index contributed by atoms with van der Waals surface area (Å²) in [6, 6.07) is 4.40. The van der Waals surface area contributed by atoms with E-state index in [-0.39, 0.29) is 10.6 Å². The molecule has 0 saturated heterocycles. The van der Waals surface area contributed by atoms with E-state index < -0.39 is 9.84 Å². The van der Waals surface area contributed by atoms with Gasteiger partial charge in [-0.3, -0.25) is 0 Å². The van der Waals surface area contributed by atoms with Gasteiger partial charge in [-0.2, -0.15) is 0 Å². The first-order valence-corrected chi connectivity index (χ1v) is 6.00. The summed E-state index contributed by atoms with van der Waals surface area (Å²) in [5.41, 5.74) is 11.7. The number of hydrogen-bond acceptors (Lipinski definition) is 4. The van der Waals surface area contributed by atoms with Gasteiger partial charge in [0.25, 0.3) is 0 Å². The van der Waals surface area contributed by atoms with Crippen LogP contribution in [-0.4, -0.2) is 14.2 Å². The molecule has 1 aromatic carbocycles. The van der Waals surface area contributed by atoms with Crippen molar-refractivity contribution in [2.24, 2.45) is 0 Å². The standard InChI is InChI=1S/C9H14N2O2S/c1-2-5-14(12,13)7-3-4-8(10)9(11)6-7/h3-4,6H,2,5,10-11H2,1H3. The van der Waals surface area contributed by atoms with Crippen LogP contribution in [0.25, 0.3) is 0 Å². The smallest absolute Gasteiger partial charge is 0.178 e. The average Bonchev–Trinajstić information content (AvgIpc) is 2.09. The van der Waals surface area contributed by atoms with Crippen LogP contribution in [0.15, 0.2) is 23.1 Å². The van der Waals surface area contributed by atoms with E-state index in [1.807, 2.05) is 6.92 Å². The molecule has 0 saturated carbocycles. The fourth-order valence-corrected chi connectivity index (χ4v) is 2.49. The van der Waals surface area contributed by atoms with Crippen LogP contribution in [0.3, 0.4) is 0 Å². The lowest BCUT2D eigenvalue weighted by Gasteiger charge is -2.05. The molecule has 0 aromatic heterocycles. The van der Waals surface area contributed by atoms with Crippen molar-refractivity contribution < 1.29 is 8.42 Å². The minimum absolute atomic E-state index is 0.135. The lowest BCUT2D eigenvalue weighted by molar-refractivity contribution is 0.595. The van der Waals surface area contributed by atoms with Gasteiger partial charge in [0.15, 0.2) is 9.84 Å². The maximum Gasteiger partial charge on any atom is 0.178 e. The van der Waals surface area contributed by atoms with Crippen molar-refractivity contribution in [3.63, 3.8) is 0 Å². The second-order valence-electron chi connectivity index (χ2n) is 3.11. The second kappa shape index (κ2) is 3.88. The van der Waals surface area contributed by atoms with Crippen LogP contribution in [0.5, 0.6) is 0 Å². The summed E-state index contributed by atoms with van der Waals surface area (Å²) in [7, 11) is -3.19. The largest absolute Gasteiger partial charge is 0.397 e. The lowest BCUT2D eigenvalue weighted by Crippen LogP contribution is -2.07. The van der Waals surface area contributed by atoms with Crippen LogP contribution in [0.1, 0.15) is 13.3 Å². The molecule has 14 heavy (non-hydrogen) atoms. The van der Waals surface area contributed by atoms with Crippen molar-refractivity contribution in [2.75, 3.05) is 17.2 Å². The summed E-state index contributed by atoms with van der Waals surface area (Å²) in [6.07, 6.45) is 0.590. The van der Waals surface area contributed by atoms with Crippen molar-refractivity contribution in [1.82, 2.24) is 0 Å². The Hall–Kier alpha value is -1.23. The van der Waals surface area contributed by atoms with E-state index in [1.165, 1.54) is 18.2 Å². The number of rotatable bonds is 3. The highest BCUT2D eigenvalue weighted by Crippen LogP contribution is 2.20. The molecular formula is C9H14N2O2S. The van der Waals surface area contributed by atoms with E-state index in [9.17, 15) is 8.42 Å². The number of hydrogen-bond donors (Lipinski definition) is 2. The molecule has 0 spiro atoms. The molecule has 0 radical (unpaired) electrons. The SMILES string of the molecule is CCCS(=O)(=O)c1ccc(N)c(N)c1. The van der Waals surface area contributed by atoms with E-state index in [0.29, 0.717) is 17.8 Å². The molecule has 0 aliphatic heterocycles. The Bertz CT molecular complexity index is 426. The Morgan fingerprint density at radius 3 is 2.36 bits per heavy atom. The molecule has 1 rings (SSSR count). The molecule has 0 bridgehead atoms. The first kappa shape index (κ1) is 10.8. The van der Waals surface area contributed by atoms with Gasteiger partial charge >= 0.3 is 0 Å². The number of anilines is 2. The Labute approximate surface area is 83.8 Å². The Balaban J connectivity index is 3.15. The van der Waals surface area contributed by atoms with Crippen molar-refractivity contribution in [2.45, 2.75) is 18.2 Å². The van der Waals surface area contributed by atoms with Gasteiger partial charge in [-0.25, -0.2) is 8.42 Å². The topological polar surface area (TPSA) is 86.2 Å². The predicted octanol–water partition coefficient (Wildman–Crippen LogP) is 1.03. The molecule has 0 aliphatic carbocycles. The van der Waals surface area contributed by atoms with E-state index >= 15 is 0 Å². The lowest BCUT2D eigenvalue weighted by atomic mass is 10.3. The monoisotopic (exact) mass is 214 g/mol. The zero-order valence-electron chi connectivity index (χ0n) is 8.03. The Morgan fingerprint density at radius 1 is 1.21 bits per heavy atom. The first-order chi connectivity index (χ1) is 6.47. The molecule has 4 N–H and O–H groups in total. The number of sulfone groups is 1. The van der Waals surface area contributed by atoms with Crippen LogP contribution in [-0.2, 0) is 9.84 Å². The summed E-state index contributed by atoms with van der Waals surface area (Å²) >= 11 is 0. The zero-order chi connectivity index (χ0) is 10.8. The molecule has 4 nitrogen and oxygen atoms in total. The fourth-order valence-electron chi connectivity index (χ4n) is 1.13. The van der Waals surface area contributed by atoms with Gasteiger partial charge in [0.2, 0.25) is 0 Å². The first-order valence-electron chi connectivity index (χ1n) is 4.35. The molecule has 0 fully saturated rings. The van der Waals surface area contributed by atoms with Crippen LogP contribution in [0.2, 0.25) is 0 Å². The van der Waals surface area contributed by atoms with Crippen LogP contribution < -0.4 is 11.5 Å². The van der Waals surface area contributed by atoms with E-state index in [1.54, 1.807) is 0 Å². The van der Waals surface area contributed by atoms with Crippen molar-refractivity contribution in [3.05, 3.63) is 18.2 Å². The van der Waals surface area contributed by atoms with Gasteiger partial charge in [0.05, 0.1) is 22.0 Å². The van der Waals surface area contributed by atoms with Crippen LogP contribution in [0, 0.1) is 0 Å². The highest BCUT2D eigenvalue weighted by molar-refractivity contribution is 7.91. The van der Waals surface area contributed by atoms with Gasteiger partial charge in [-0.15, -0.1) is 0 Å². The molecular weight excluding hydrogens is 200 g/mol. The number of benzene rings is 1. The third kappa shape index (κ3) is 2.17. The molecule has 0 heterocycles. The molecule has 1 aromatic rings. The summed E-state index contributed by atoms with van der Waals surface area (Å²) in [6.45, 7) is 1.82. The Kier molecular flexibility index (Phi) is 3.00. The molecule has 0 amide bonds. The molecule has 0 atom stereocenters. The zero-order valence-corrected chi connectivity index (χ0v) is 8.84. The minimum atomic E-state index is -3.19. The van der Waals surface area contributed by atoms with Crippen molar-refractivity contribution in [1.29, 1.82) is 0 Å². The molecule has 5 heteroatoms. The second-order valence-corrected chi connectivity index (χ2v) is 5.22. The summed E-state index contributed by atoms with van der Waals surface area (Å²) in [4.78, 5) is 0.242. The van der Waals surface area contributed by atoms with Crippen molar-refractivity contribution in [3.8, 4) is 0 Å². The maximum absolute atomic E-state index is 11.6. The van der Waals surface area contributed by atoms with Crippen molar-refractivity contribution >= 4 is 21.2 Å². The molecule has 78 valence electrons. The summed E-state index contributed by atoms with van der Waals surface area (Å²) < 4.78 is 23.2. The minimum Gasteiger partial charge on any atom is -0.397 e. The van der Waals surface area contributed by atoms with Gasteiger partial charge in [0.1, 0.15) is 0 Å². The Morgan fingerprint density at radius 2 is 1.86 bits per heavy atom. The third-order valence-electron chi connectivity index (χ3n) is 1.89. The maximum atomic E-state index is 11.6. The van der Waals surface area contributed by atoms with Gasteiger partial charge < -0.3 is 11.5 Å². The third-order valence-corrected chi connectivity index (χ3v) is 3.81. The number of nitrogen functional groups attached to an aromatic ring is 2. The number of nitrogens with two attached hydrogens (primary N) is 2. The van der Waals surface area contributed by atoms with E-state index in [0.717, 1.165) is 0 Å². The predicted molar refractivity (Wildman–Crippen MR) is 57.6 cm³/mol. The van der Waals surface area contributed by atoms with Gasteiger partial charge in [0, 0.05) is 0 Å². The highest BCUT2D eigenvalue weighted by Gasteiger charge is 2.13. The average molecular weight is 214 g/mol. The summed E-state index contributed by atoms with van der Waals surface area (Å²) in [5.74, 6) is 0.135. The highest BCUT2D eigenvalue weighted by atomic mass is 32.2. The molecule has 0 unspecified atom stereocenters. The van der Waals surface area contributed by atoms with Gasteiger partial charge in [-0.1, -0.05) is 6.92 Å². The van der Waals surface area contributed by atoms with Gasteiger partial charge in [-0.05, 0) is 24.6 Å².